The van der Waals surface area contributed by atoms with Crippen LogP contribution < -0.4 is 4.90 Å². The third-order valence-electron chi connectivity index (χ3n) is 3.54. The quantitative estimate of drug-likeness (QED) is 0.812. The van der Waals surface area contributed by atoms with Gasteiger partial charge in [-0.3, -0.25) is 0 Å². The van der Waals surface area contributed by atoms with E-state index in [9.17, 15) is 0 Å². The van der Waals surface area contributed by atoms with Crippen LogP contribution >= 0.6 is 11.6 Å². The van der Waals surface area contributed by atoms with E-state index in [0.717, 1.165) is 12.5 Å². The number of halogens is 1. The fraction of sp³-hybridized carbons (Fsp3) is 0.500. The molecule has 0 amide bonds. The Kier molecular flexibility index (Phi) is 2.72. The average Bonchev–Trinajstić information content (AvgIpc) is 3.17. The van der Waals surface area contributed by atoms with E-state index in [1.54, 1.807) is 0 Å². The number of hydrogen-bond acceptors (Lipinski definition) is 2. The maximum atomic E-state index is 8.88. The van der Waals surface area contributed by atoms with Crippen molar-refractivity contribution >= 4 is 17.3 Å². The number of rotatable bonds is 4. The molecule has 88 valence electrons. The maximum absolute atomic E-state index is 8.88. The molecule has 0 atom stereocenters. The highest BCUT2D eigenvalue weighted by molar-refractivity contribution is 6.32. The van der Waals surface area contributed by atoms with Crippen LogP contribution in [-0.2, 0) is 0 Å². The molecule has 1 aromatic rings. The smallest absolute Gasteiger partial charge is 0.101 e. The fourth-order valence-corrected chi connectivity index (χ4v) is 2.42. The van der Waals surface area contributed by atoms with Crippen LogP contribution in [0.15, 0.2) is 18.2 Å². The minimum absolute atomic E-state index is 0.567. The summed E-state index contributed by atoms with van der Waals surface area (Å²) in [7, 11) is 0. The Morgan fingerprint density at radius 1 is 1.29 bits per heavy atom. The normalized spacial score (nSPS) is 18.8. The predicted octanol–water partition coefficient (Wildman–Crippen LogP) is 3.59. The second kappa shape index (κ2) is 4.23. The summed E-state index contributed by atoms with van der Waals surface area (Å²) >= 11 is 6.10. The Hall–Kier alpha value is -1.20. The van der Waals surface area contributed by atoms with E-state index in [0.29, 0.717) is 16.6 Å². The Morgan fingerprint density at radius 3 is 2.59 bits per heavy atom. The second-order valence-electron chi connectivity index (χ2n) is 5.10. The van der Waals surface area contributed by atoms with E-state index in [1.165, 1.54) is 31.4 Å². The largest absolute Gasteiger partial charge is 0.368 e. The summed E-state index contributed by atoms with van der Waals surface area (Å²) < 4.78 is 0. The lowest BCUT2D eigenvalue weighted by Crippen LogP contribution is -2.27. The first-order chi connectivity index (χ1) is 8.28. The lowest BCUT2D eigenvalue weighted by atomic mass is 10.2. The lowest BCUT2D eigenvalue weighted by Gasteiger charge is -2.25. The maximum Gasteiger partial charge on any atom is 0.101 e. The summed E-state index contributed by atoms with van der Waals surface area (Å²) in [5, 5.41) is 9.45. The first kappa shape index (κ1) is 10.9. The molecule has 2 saturated carbocycles. The van der Waals surface area contributed by atoms with Gasteiger partial charge >= 0.3 is 0 Å². The average molecular weight is 247 g/mol. The molecule has 2 aliphatic rings. The van der Waals surface area contributed by atoms with Crippen LogP contribution in [0.1, 0.15) is 31.2 Å². The molecule has 0 saturated heterocycles. The molecule has 3 heteroatoms. The van der Waals surface area contributed by atoms with Gasteiger partial charge in [0.1, 0.15) is 6.07 Å². The standard InChI is InChI=1S/C14H15ClN2/c15-14-7-13(4-3-11(14)8-16)17(12-5-6-12)9-10-1-2-10/h3-4,7,10,12H,1-2,5-6,9H2. The zero-order chi connectivity index (χ0) is 11.8. The molecule has 2 nitrogen and oxygen atoms in total. The van der Waals surface area contributed by atoms with Crippen molar-refractivity contribution in [2.24, 2.45) is 5.92 Å². The van der Waals surface area contributed by atoms with Crippen LogP contribution in [0.4, 0.5) is 5.69 Å². The van der Waals surface area contributed by atoms with Gasteiger partial charge in [0.15, 0.2) is 0 Å². The van der Waals surface area contributed by atoms with Crippen molar-refractivity contribution in [2.45, 2.75) is 31.7 Å². The molecular formula is C14H15ClN2. The minimum Gasteiger partial charge on any atom is -0.368 e. The van der Waals surface area contributed by atoms with Crippen molar-refractivity contribution in [1.82, 2.24) is 0 Å². The highest BCUT2D eigenvalue weighted by atomic mass is 35.5. The first-order valence-electron chi connectivity index (χ1n) is 6.24. The van der Waals surface area contributed by atoms with E-state index in [2.05, 4.69) is 11.0 Å². The van der Waals surface area contributed by atoms with E-state index in [1.807, 2.05) is 18.2 Å². The van der Waals surface area contributed by atoms with Crippen molar-refractivity contribution in [1.29, 1.82) is 5.26 Å². The van der Waals surface area contributed by atoms with Gasteiger partial charge < -0.3 is 4.90 Å². The summed E-state index contributed by atoms with van der Waals surface area (Å²) in [6.45, 7) is 1.16. The zero-order valence-electron chi connectivity index (χ0n) is 9.69. The molecule has 1 aromatic carbocycles. The van der Waals surface area contributed by atoms with Gasteiger partial charge in [-0.2, -0.15) is 5.26 Å². The number of nitrogens with zero attached hydrogens (tertiary/aromatic N) is 2. The van der Waals surface area contributed by atoms with Gasteiger partial charge in [-0.05, 0) is 49.8 Å². The molecule has 0 radical (unpaired) electrons. The van der Waals surface area contributed by atoms with Crippen molar-refractivity contribution in [3.8, 4) is 6.07 Å². The minimum atomic E-state index is 0.567. The van der Waals surface area contributed by atoms with Crippen molar-refractivity contribution in [2.75, 3.05) is 11.4 Å². The van der Waals surface area contributed by atoms with E-state index in [4.69, 9.17) is 16.9 Å². The van der Waals surface area contributed by atoms with Gasteiger partial charge in [0.25, 0.3) is 0 Å². The second-order valence-corrected chi connectivity index (χ2v) is 5.51. The Labute approximate surface area is 107 Å². The van der Waals surface area contributed by atoms with E-state index >= 15 is 0 Å². The summed E-state index contributed by atoms with van der Waals surface area (Å²) in [6.07, 6.45) is 5.33. The molecule has 0 spiro atoms. The number of anilines is 1. The van der Waals surface area contributed by atoms with Crippen molar-refractivity contribution in [3.05, 3.63) is 28.8 Å². The van der Waals surface area contributed by atoms with Gasteiger partial charge in [-0.25, -0.2) is 0 Å². The molecule has 0 aliphatic heterocycles. The molecule has 0 bridgehead atoms. The van der Waals surface area contributed by atoms with E-state index in [-0.39, 0.29) is 0 Å². The Morgan fingerprint density at radius 2 is 2.06 bits per heavy atom. The summed E-state index contributed by atoms with van der Waals surface area (Å²) in [6, 6.07) is 8.63. The molecule has 0 N–H and O–H groups in total. The molecule has 3 rings (SSSR count). The van der Waals surface area contributed by atoms with Crippen LogP contribution in [0.2, 0.25) is 5.02 Å². The first-order valence-corrected chi connectivity index (χ1v) is 6.62. The number of hydrogen-bond donors (Lipinski definition) is 0. The lowest BCUT2D eigenvalue weighted by molar-refractivity contribution is 0.719. The van der Waals surface area contributed by atoms with Crippen LogP contribution in [0.5, 0.6) is 0 Å². The summed E-state index contributed by atoms with van der Waals surface area (Å²) in [4.78, 5) is 2.48. The van der Waals surface area contributed by atoms with Crippen molar-refractivity contribution in [3.63, 3.8) is 0 Å². The Balaban J connectivity index is 1.84. The van der Waals surface area contributed by atoms with E-state index < -0.39 is 0 Å². The van der Waals surface area contributed by atoms with Crippen LogP contribution in [0.25, 0.3) is 0 Å². The van der Waals surface area contributed by atoms with Crippen LogP contribution in [0.3, 0.4) is 0 Å². The van der Waals surface area contributed by atoms with Crippen LogP contribution in [0, 0.1) is 17.2 Å². The Bertz CT molecular complexity index is 470. The summed E-state index contributed by atoms with van der Waals surface area (Å²) in [5.41, 5.74) is 1.75. The number of nitriles is 1. The fourth-order valence-electron chi connectivity index (χ4n) is 2.20. The molecule has 2 fully saturated rings. The molecule has 0 aromatic heterocycles. The number of benzene rings is 1. The topological polar surface area (TPSA) is 27.0 Å². The van der Waals surface area contributed by atoms with Gasteiger partial charge in [-0.1, -0.05) is 11.6 Å². The molecule has 17 heavy (non-hydrogen) atoms. The van der Waals surface area contributed by atoms with Gasteiger partial charge in [0.05, 0.1) is 10.6 Å². The summed E-state index contributed by atoms with van der Waals surface area (Å²) in [5.74, 6) is 0.880. The van der Waals surface area contributed by atoms with Gasteiger partial charge in [0, 0.05) is 18.3 Å². The molecule has 0 heterocycles. The van der Waals surface area contributed by atoms with Crippen molar-refractivity contribution < 1.29 is 0 Å². The predicted molar refractivity (Wildman–Crippen MR) is 69.3 cm³/mol. The molecule has 2 aliphatic carbocycles. The highest BCUT2D eigenvalue weighted by Gasteiger charge is 2.33. The molecular weight excluding hydrogens is 232 g/mol. The monoisotopic (exact) mass is 246 g/mol. The SMILES string of the molecule is N#Cc1ccc(N(CC2CC2)C2CC2)cc1Cl. The van der Waals surface area contributed by atoms with Gasteiger partial charge in [-0.15, -0.1) is 0 Å². The zero-order valence-corrected chi connectivity index (χ0v) is 10.5. The van der Waals surface area contributed by atoms with Crippen LogP contribution in [-0.4, -0.2) is 12.6 Å². The third kappa shape index (κ3) is 2.40. The molecule has 0 unspecified atom stereocenters. The van der Waals surface area contributed by atoms with Gasteiger partial charge in [0.2, 0.25) is 0 Å². The third-order valence-corrected chi connectivity index (χ3v) is 3.86. The highest BCUT2D eigenvalue weighted by Crippen LogP contribution is 2.38.